The van der Waals surface area contributed by atoms with E-state index in [1.165, 1.54) is 35.7 Å². The minimum Gasteiger partial charge on any atom is -0.344 e. The molecule has 0 radical (unpaired) electrons. The summed E-state index contributed by atoms with van der Waals surface area (Å²) in [7, 11) is 0. The summed E-state index contributed by atoms with van der Waals surface area (Å²) in [4.78, 5) is 1.19. The molecule has 6 heteroatoms. The minimum atomic E-state index is -0.694. The van der Waals surface area contributed by atoms with Crippen molar-refractivity contribution in [1.82, 2.24) is 0 Å². The van der Waals surface area contributed by atoms with Crippen LogP contribution in [0.2, 0.25) is 0 Å². The Bertz CT molecular complexity index is 665. The van der Waals surface area contributed by atoms with Gasteiger partial charge in [0, 0.05) is 21.3 Å². The monoisotopic (exact) mass is 382 g/mol. The number of rotatable bonds is 6. The first-order valence-corrected chi connectivity index (χ1v) is 10.0. The fourth-order valence-electron chi connectivity index (χ4n) is 2.66. The lowest BCUT2D eigenvalue weighted by Crippen LogP contribution is -2.27. The van der Waals surface area contributed by atoms with Gasteiger partial charge in [-0.3, -0.25) is 0 Å². The lowest BCUT2D eigenvalue weighted by molar-refractivity contribution is -0.142. The van der Waals surface area contributed by atoms with E-state index in [4.69, 9.17) is 9.47 Å². The van der Waals surface area contributed by atoms with Crippen LogP contribution in [0.3, 0.4) is 0 Å². The SMILES string of the molecule is CC1(C)O[C@@H](CSc2ccccc2F)[C@H](CSc2ccccc2F)O1. The van der Waals surface area contributed by atoms with Crippen LogP contribution in [-0.2, 0) is 9.47 Å². The predicted octanol–water partition coefficient (Wildman–Crippen LogP) is 5.37. The molecule has 2 aromatic rings. The Labute approximate surface area is 155 Å². The Morgan fingerprint density at radius 3 is 1.60 bits per heavy atom. The van der Waals surface area contributed by atoms with E-state index in [9.17, 15) is 8.78 Å². The molecule has 2 atom stereocenters. The fourth-order valence-corrected chi connectivity index (χ4v) is 4.67. The van der Waals surface area contributed by atoms with Gasteiger partial charge in [0.1, 0.15) is 11.6 Å². The number of ether oxygens (including phenoxy) is 2. The van der Waals surface area contributed by atoms with Crippen LogP contribution in [0.15, 0.2) is 58.3 Å². The molecule has 1 aliphatic heterocycles. The smallest absolute Gasteiger partial charge is 0.163 e. The predicted molar refractivity (Wildman–Crippen MR) is 98.1 cm³/mol. The molecule has 0 N–H and O–H groups in total. The van der Waals surface area contributed by atoms with Crippen molar-refractivity contribution in [2.24, 2.45) is 0 Å². The van der Waals surface area contributed by atoms with E-state index in [0.717, 1.165) is 0 Å². The minimum absolute atomic E-state index is 0.182. The first kappa shape index (κ1) is 18.7. The Morgan fingerprint density at radius 2 is 1.20 bits per heavy atom. The number of halogens is 2. The summed E-state index contributed by atoms with van der Waals surface area (Å²) in [6, 6.07) is 13.4. The summed E-state index contributed by atoms with van der Waals surface area (Å²) in [5, 5.41) is 0. The normalized spacial score (nSPS) is 22.2. The van der Waals surface area contributed by atoms with Crippen molar-refractivity contribution in [2.75, 3.05) is 11.5 Å². The van der Waals surface area contributed by atoms with Crippen LogP contribution in [0.1, 0.15) is 13.8 Å². The van der Waals surface area contributed by atoms with Crippen LogP contribution >= 0.6 is 23.5 Å². The number of hydrogen-bond acceptors (Lipinski definition) is 4. The molecule has 25 heavy (non-hydrogen) atoms. The average Bonchev–Trinajstić information content (AvgIpc) is 2.87. The van der Waals surface area contributed by atoms with E-state index in [2.05, 4.69) is 0 Å². The molecule has 0 aliphatic carbocycles. The molecule has 1 saturated heterocycles. The second-order valence-corrected chi connectivity index (χ2v) is 8.32. The molecule has 0 amide bonds. The lowest BCUT2D eigenvalue weighted by Gasteiger charge is -2.16. The molecule has 3 rings (SSSR count). The zero-order chi connectivity index (χ0) is 17.9. The third-order valence-corrected chi connectivity index (χ3v) is 6.04. The maximum atomic E-state index is 13.8. The molecule has 2 aromatic carbocycles. The molecule has 0 saturated carbocycles. The van der Waals surface area contributed by atoms with Crippen LogP contribution in [0.5, 0.6) is 0 Å². The van der Waals surface area contributed by atoms with Gasteiger partial charge in [0.2, 0.25) is 0 Å². The summed E-state index contributed by atoms with van der Waals surface area (Å²) in [6.45, 7) is 3.73. The molecule has 0 bridgehead atoms. The first-order chi connectivity index (χ1) is 11.9. The second-order valence-electron chi connectivity index (χ2n) is 6.20. The first-order valence-electron chi connectivity index (χ1n) is 8.05. The van der Waals surface area contributed by atoms with Crippen LogP contribution < -0.4 is 0 Å². The van der Waals surface area contributed by atoms with Gasteiger partial charge in [0.05, 0.1) is 12.2 Å². The largest absolute Gasteiger partial charge is 0.344 e. The molecular weight excluding hydrogens is 362 g/mol. The van der Waals surface area contributed by atoms with Gasteiger partial charge in [-0.15, -0.1) is 23.5 Å². The summed E-state index contributed by atoms with van der Waals surface area (Å²) >= 11 is 2.82. The molecule has 1 aliphatic rings. The van der Waals surface area contributed by atoms with Crippen LogP contribution in [-0.4, -0.2) is 29.5 Å². The third kappa shape index (κ3) is 4.97. The molecule has 1 fully saturated rings. The molecule has 0 aromatic heterocycles. The number of hydrogen-bond donors (Lipinski definition) is 0. The molecular formula is C19H20F2O2S2. The van der Waals surface area contributed by atoms with E-state index in [-0.39, 0.29) is 23.8 Å². The second kappa shape index (κ2) is 8.08. The quantitative estimate of drug-likeness (QED) is 0.625. The van der Waals surface area contributed by atoms with Gasteiger partial charge in [0.15, 0.2) is 5.79 Å². The van der Waals surface area contributed by atoms with E-state index in [1.54, 1.807) is 24.3 Å². The summed E-state index contributed by atoms with van der Waals surface area (Å²) < 4.78 is 39.5. The van der Waals surface area contributed by atoms with E-state index in [1.807, 2.05) is 26.0 Å². The lowest BCUT2D eigenvalue weighted by atomic mass is 10.3. The molecule has 1 heterocycles. The summed E-state index contributed by atoms with van der Waals surface area (Å²) in [6.07, 6.45) is -0.363. The Kier molecular flexibility index (Phi) is 6.04. The highest BCUT2D eigenvalue weighted by molar-refractivity contribution is 7.99. The van der Waals surface area contributed by atoms with Crippen molar-refractivity contribution in [3.8, 4) is 0 Å². The zero-order valence-electron chi connectivity index (χ0n) is 14.1. The number of thioether (sulfide) groups is 2. The zero-order valence-corrected chi connectivity index (χ0v) is 15.7. The van der Waals surface area contributed by atoms with Gasteiger partial charge in [0.25, 0.3) is 0 Å². The number of benzene rings is 2. The highest BCUT2D eigenvalue weighted by Gasteiger charge is 2.41. The van der Waals surface area contributed by atoms with Gasteiger partial charge in [-0.2, -0.15) is 0 Å². The maximum absolute atomic E-state index is 13.8. The van der Waals surface area contributed by atoms with E-state index < -0.39 is 5.79 Å². The molecule has 0 spiro atoms. The third-order valence-electron chi connectivity index (χ3n) is 3.76. The maximum Gasteiger partial charge on any atom is 0.163 e. The highest BCUT2D eigenvalue weighted by Crippen LogP contribution is 2.35. The Balaban J connectivity index is 1.62. The standard InChI is InChI=1S/C19H20F2O2S2/c1-19(2)22-15(11-24-17-9-5-3-7-13(17)20)16(23-19)12-25-18-10-6-4-8-14(18)21/h3-10,15-16H,11-12H2,1-2H3/t15-,16-/m0/s1. The van der Waals surface area contributed by atoms with Crippen LogP contribution in [0.4, 0.5) is 8.78 Å². The van der Waals surface area contributed by atoms with Gasteiger partial charge in [-0.25, -0.2) is 8.78 Å². The fraction of sp³-hybridized carbons (Fsp3) is 0.368. The van der Waals surface area contributed by atoms with Crippen molar-refractivity contribution in [1.29, 1.82) is 0 Å². The Hall–Kier alpha value is -1.08. The molecule has 134 valence electrons. The van der Waals surface area contributed by atoms with Crippen molar-refractivity contribution < 1.29 is 18.3 Å². The Morgan fingerprint density at radius 1 is 0.800 bits per heavy atom. The van der Waals surface area contributed by atoms with Gasteiger partial charge in [-0.05, 0) is 38.1 Å². The van der Waals surface area contributed by atoms with Crippen LogP contribution in [0.25, 0.3) is 0 Å². The van der Waals surface area contributed by atoms with E-state index in [0.29, 0.717) is 21.3 Å². The highest BCUT2D eigenvalue weighted by atomic mass is 32.2. The van der Waals surface area contributed by atoms with Gasteiger partial charge >= 0.3 is 0 Å². The van der Waals surface area contributed by atoms with E-state index >= 15 is 0 Å². The van der Waals surface area contributed by atoms with Crippen molar-refractivity contribution >= 4 is 23.5 Å². The summed E-state index contributed by atoms with van der Waals surface area (Å²) in [5.74, 6) is -0.00778. The topological polar surface area (TPSA) is 18.5 Å². The van der Waals surface area contributed by atoms with Gasteiger partial charge in [-0.1, -0.05) is 24.3 Å². The van der Waals surface area contributed by atoms with Gasteiger partial charge < -0.3 is 9.47 Å². The summed E-state index contributed by atoms with van der Waals surface area (Å²) in [5.41, 5.74) is 0. The van der Waals surface area contributed by atoms with Crippen molar-refractivity contribution in [2.45, 2.75) is 41.6 Å². The van der Waals surface area contributed by atoms with Crippen molar-refractivity contribution in [3.05, 3.63) is 60.2 Å². The molecule has 2 nitrogen and oxygen atoms in total. The van der Waals surface area contributed by atoms with Crippen molar-refractivity contribution in [3.63, 3.8) is 0 Å². The van der Waals surface area contributed by atoms with Crippen LogP contribution in [0, 0.1) is 11.6 Å². The average molecular weight is 382 g/mol. The molecule has 0 unspecified atom stereocenters.